The molecule has 0 atom stereocenters. The van der Waals surface area contributed by atoms with E-state index in [1.807, 2.05) is 17.5 Å². The van der Waals surface area contributed by atoms with Crippen molar-refractivity contribution in [3.05, 3.63) is 53.1 Å². The van der Waals surface area contributed by atoms with Gasteiger partial charge < -0.3 is 5.32 Å². The molecular weight excluding hydrogens is 278 g/mol. The van der Waals surface area contributed by atoms with Gasteiger partial charge in [-0.2, -0.15) is 0 Å². The van der Waals surface area contributed by atoms with Gasteiger partial charge in [0.1, 0.15) is 10.7 Å². The molecule has 0 saturated carbocycles. The van der Waals surface area contributed by atoms with Crippen LogP contribution in [-0.4, -0.2) is 15.9 Å². The molecule has 1 N–H and O–H groups in total. The lowest BCUT2D eigenvalue weighted by molar-refractivity contribution is 0.102. The molecule has 0 bridgehead atoms. The zero-order chi connectivity index (χ0) is 13.1. The SMILES string of the molecule is O=C(Nc1ccncc1)c1csc(-c2cccs2)n1. The highest BCUT2D eigenvalue weighted by molar-refractivity contribution is 7.20. The van der Waals surface area contributed by atoms with Gasteiger partial charge in [-0.05, 0) is 23.6 Å². The Balaban J connectivity index is 1.78. The molecule has 1 amide bonds. The molecule has 0 unspecified atom stereocenters. The Hall–Kier alpha value is -2.05. The lowest BCUT2D eigenvalue weighted by Crippen LogP contribution is -2.12. The number of pyridine rings is 1. The second kappa shape index (κ2) is 5.29. The van der Waals surface area contributed by atoms with Gasteiger partial charge >= 0.3 is 0 Å². The molecule has 0 spiro atoms. The number of nitrogens with zero attached hydrogens (tertiary/aromatic N) is 2. The van der Waals surface area contributed by atoms with Crippen LogP contribution in [0.2, 0.25) is 0 Å². The average Bonchev–Trinajstić information content (AvgIpc) is 3.11. The summed E-state index contributed by atoms with van der Waals surface area (Å²) >= 11 is 3.09. The summed E-state index contributed by atoms with van der Waals surface area (Å²) in [6, 6.07) is 7.45. The molecule has 0 saturated heterocycles. The van der Waals surface area contributed by atoms with Gasteiger partial charge in [-0.15, -0.1) is 22.7 Å². The Morgan fingerprint density at radius 1 is 1.16 bits per heavy atom. The molecule has 19 heavy (non-hydrogen) atoms. The van der Waals surface area contributed by atoms with Crippen molar-refractivity contribution in [2.45, 2.75) is 0 Å². The number of hydrogen-bond donors (Lipinski definition) is 1. The van der Waals surface area contributed by atoms with E-state index in [-0.39, 0.29) is 5.91 Å². The maximum absolute atomic E-state index is 12.0. The quantitative estimate of drug-likeness (QED) is 0.802. The van der Waals surface area contributed by atoms with Gasteiger partial charge in [0.25, 0.3) is 5.91 Å². The van der Waals surface area contributed by atoms with Crippen LogP contribution in [0.3, 0.4) is 0 Å². The molecule has 94 valence electrons. The second-order valence-corrected chi connectivity index (χ2v) is 5.51. The fourth-order valence-electron chi connectivity index (χ4n) is 1.52. The van der Waals surface area contributed by atoms with E-state index in [0.717, 1.165) is 9.88 Å². The molecular formula is C13H9N3OS2. The number of anilines is 1. The minimum Gasteiger partial charge on any atom is -0.321 e. The Bertz CT molecular complexity index is 677. The van der Waals surface area contributed by atoms with Gasteiger partial charge in [-0.25, -0.2) is 4.98 Å². The molecule has 3 aromatic rings. The second-order valence-electron chi connectivity index (χ2n) is 3.71. The predicted octanol–water partition coefficient (Wildman–Crippen LogP) is 3.52. The van der Waals surface area contributed by atoms with Crippen LogP contribution in [0.25, 0.3) is 9.88 Å². The van der Waals surface area contributed by atoms with E-state index in [2.05, 4.69) is 15.3 Å². The van der Waals surface area contributed by atoms with Crippen LogP contribution in [0.1, 0.15) is 10.5 Å². The summed E-state index contributed by atoms with van der Waals surface area (Å²) in [5.41, 5.74) is 1.15. The monoisotopic (exact) mass is 287 g/mol. The first kappa shape index (κ1) is 12.0. The van der Waals surface area contributed by atoms with Crippen LogP contribution in [0.4, 0.5) is 5.69 Å². The minimum absolute atomic E-state index is 0.203. The molecule has 0 aromatic carbocycles. The summed E-state index contributed by atoms with van der Waals surface area (Å²) in [5.74, 6) is -0.203. The Kier molecular flexibility index (Phi) is 3.35. The van der Waals surface area contributed by atoms with Crippen LogP contribution in [0.5, 0.6) is 0 Å². The molecule has 4 nitrogen and oxygen atoms in total. The first-order chi connectivity index (χ1) is 9.33. The molecule has 0 aliphatic carbocycles. The van der Waals surface area contributed by atoms with E-state index in [1.165, 1.54) is 11.3 Å². The van der Waals surface area contributed by atoms with Crippen molar-refractivity contribution in [2.24, 2.45) is 0 Å². The van der Waals surface area contributed by atoms with Gasteiger partial charge in [0.15, 0.2) is 0 Å². The highest BCUT2D eigenvalue weighted by atomic mass is 32.1. The van der Waals surface area contributed by atoms with Crippen molar-refractivity contribution in [1.82, 2.24) is 9.97 Å². The number of thiazole rings is 1. The molecule has 0 radical (unpaired) electrons. The molecule has 3 aromatic heterocycles. The standard InChI is InChI=1S/C13H9N3OS2/c17-12(15-9-3-5-14-6-4-9)10-8-19-13(16-10)11-2-1-7-18-11/h1-8H,(H,14,15,17). The fraction of sp³-hybridized carbons (Fsp3) is 0. The van der Waals surface area contributed by atoms with Crippen molar-refractivity contribution in [3.63, 3.8) is 0 Å². The van der Waals surface area contributed by atoms with Crippen LogP contribution < -0.4 is 5.32 Å². The van der Waals surface area contributed by atoms with E-state index < -0.39 is 0 Å². The number of amides is 1. The first-order valence-electron chi connectivity index (χ1n) is 5.54. The lowest BCUT2D eigenvalue weighted by atomic mass is 10.3. The third-order valence-corrected chi connectivity index (χ3v) is 4.29. The summed E-state index contributed by atoms with van der Waals surface area (Å²) in [5, 5.41) is 7.42. The molecule has 3 rings (SSSR count). The lowest BCUT2D eigenvalue weighted by Gasteiger charge is -2.01. The average molecular weight is 287 g/mol. The summed E-state index contributed by atoms with van der Waals surface area (Å²) in [6.07, 6.45) is 3.27. The molecule has 6 heteroatoms. The zero-order valence-electron chi connectivity index (χ0n) is 9.74. The summed E-state index contributed by atoms with van der Waals surface area (Å²) in [4.78, 5) is 21.3. The normalized spacial score (nSPS) is 10.3. The zero-order valence-corrected chi connectivity index (χ0v) is 11.4. The third kappa shape index (κ3) is 2.69. The molecule has 0 aliphatic rings. The number of carbonyl (C=O) groups excluding carboxylic acids is 1. The van der Waals surface area contributed by atoms with Crippen molar-refractivity contribution in [1.29, 1.82) is 0 Å². The van der Waals surface area contributed by atoms with E-state index in [0.29, 0.717) is 11.4 Å². The fourth-order valence-corrected chi connectivity index (χ4v) is 3.14. The van der Waals surface area contributed by atoms with Gasteiger partial charge in [0.2, 0.25) is 0 Å². The third-order valence-electron chi connectivity index (χ3n) is 2.41. The van der Waals surface area contributed by atoms with Crippen molar-refractivity contribution >= 4 is 34.3 Å². The maximum atomic E-state index is 12.0. The van der Waals surface area contributed by atoms with Crippen LogP contribution in [0, 0.1) is 0 Å². The van der Waals surface area contributed by atoms with Crippen molar-refractivity contribution in [2.75, 3.05) is 5.32 Å². The summed E-state index contributed by atoms with van der Waals surface area (Å²) in [7, 11) is 0. The Morgan fingerprint density at radius 3 is 2.74 bits per heavy atom. The summed E-state index contributed by atoms with van der Waals surface area (Å²) < 4.78 is 0. The number of carbonyl (C=O) groups is 1. The van der Waals surface area contributed by atoms with Gasteiger partial charge in [-0.3, -0.25) is 9.78 Å². The number of nitrogens with one attached hydrogen (secondary N) is 1. The van der Waals surface area contributed by atoms with E-state index in [4.69, 9.17) is 0 Å². The first-order valence-corrected chi connectivity index (χ1v) is 7.29. The number of rotatable bonds is 3. The van der Waals surface area contributed by atoms with Crippen molar-refractivity contribution < 1.29 is 4.79 Å². The molecule has 3 heterocycles. The summed E-state index contributed by atoms with van der Waals surface area (Å²) in [6.45, 7) is 0. The van der Waals surface area contributed by atoms with E-state index in [1.54, 1.807) is 41.2 Å². The van der Waals surface area contributed by atoms with Gasteiger partial charge in [0.05, 0.1) is 4.88 Å². The van der Waals surface area contributed by atoms with Gasteiger partial charge in [0, 0.05) is 23.5 Å². The largest absolute Gasteiger partial charge is 0.321 e. The van der Waals surface area contributed by atoms with Crippen LogP contribution in [-0.2, 0) is 0 Å². The van der Waals surface area contributed by atoms with Gasteiger partial charge in [-0.1, -0.05) is 6.07 Å². The van der Waals surface area contributed by atoms with E-state index >= 15 is 0 Å². The maximum Gasteiger partial charge on any atom is 0.275 e. The number of hydrogen-bond acceptors (Lipinski definition) is 5. The smallest absolute Gasteiger partial charge is 0.275 e. The highest BCUT2D eigenvalue weighted by Crippen LogP contribution is 2.27. The van der Waals surface area contributed by atoms with Crippen molar-refractivity contribution in [3.8, 4) is 9.88 Å². The Labute approximate surface area is 117 Å². The molecule has 0 fully saturated rings. The number of thiophene rings is 1. The van der Waals surface area contributed by atoms with Crippen LogP contribution in [0.15, 0.2) is 47.4 Å². The Morgan fingerprint density at radius 2 is 2.00 bits per heavy atom. The predicted molar refractivity (Wildman–Crippen MR) is 77.6 cm³/mol. The topological polar surface area (TPSA) is 54.9 Å². The highest BCUT2D eigenvalue weighted by Gasteiger charge is 2.12. The number of aromatic nitrogens is 2. The molecule has 0 aliphatic heterocycles. The van der Waals surface area contributed by atoms with E-state index in [9.17, 15) is 4.79 Å². The minimum atomic E-state index is -0.203. The van der Waals surface area contributed by atoms with Crippen LogP contribution >= 0.6 is 22.7 Å².